The molecule has 0 atom stereocenters. The second-order valence-corrected chi connectivity index (χ2v) is 2.61. The van der Waals surface area contributed by atoms with Gasteiger partial charge in [-0.1, -0.05) is 0 Å². The van der Waals surface area contributed by atoms with Crippen LogP contribution in [0.25, 0.3) is 0 Å². The molecule has 0 spiro atoms. The zero-order valence-corrected chi connectivity index (χ0v) is 7.00. The molecule has 0 aliphatic heterocycles. The first kappa shape index (κ1) is 9.63. The van der Waals surface area contributed by atoms with Crippen LogP contribution in [0.3, 0.4) is 0 Å². The average Bonchev–Trinajstić information content (AvgIpc) is 2.29. The molecule has 0 saturated carbocycles. The Balaban J connectivity index is 2.89. The van der Waals surface area contributed by atoms with Gasteiger partial charge in [0.15, 0.2) is 0 Å². The van der Waals surface area contributed by atoms with E-state index in [1.807, 2.05) is 0 Å². The van der Waals surface area contributed by atoms with Gasteiger partial charge in [-0.15, -0.1) is 0 Å². The first-order chi connectivity index (χ1) is 6.00. The number of aryl methyl sites for hydroxylation is 1. The van der Waals surface area contributed by atoms with E-state index >= 15 is 0 Å². The summed E-state index contributed by atoms with van der Waals surface area (Å²) in [6, 6.07) is 0. The molecule has 13 heavy (non-hydrogen) atoms. The Morgan fingerprint density at radius 1 is 1.77 bits per heavy atom. The molecular formula is C7H9F2N3O. The van der Waals surface area contributed by atoms with E-state index in [0.717, 1.165) is 4.68 Å². The van der Waals surface area contributed by atoms with Gasteiger partial charge in [0.1, 0.15) is 6.54 Å². The normalized spacial score (nSPS) is 10.8. The van der Waals surface area contributed by atoms with Crippen LogP contribution in [-0.2, 0) is 6.54 Å². The first-order valence-electron chi connectivity index (χ1n) is 3.62. The highest BCUT2D eigenvalue weighted by molar-refractivity contribution is 5.93. The number of nitrogens with two attached hydrogens (primary N) is 1. The third-order valence-corrected chi connectivity index (χ3v) is 1.54. The fourth-order valence-corrected chi connectivity index (χ4v) is 0.995. The highest BCUT2D eigenvalue weighted by atomic mass is 19.3. The smallest absolute Gasteiger partial charge is 0.257 e. The van der Waals surface area contributed by atoms with Gasteiger partial charge in [-0.25, -0.2) is 8.78 Å². The van der Waals surface area contributed by atoms with Crippen LogP contribution < -0.4 is 5.73 Å². The van der Waals surface area contributed by atoms with E-state index in [1.54, 1.807) is 6.92 Å². The zero-order chi connectivity index (χ0) is 10.0. The van der Waals surface area contributed by atoms with Crippen LogP contribution in [0.5, 0.6) is 0 Å². The third-order valence-electron chi connectivity index (χ3n) is 1.54. The summed E-state index contributed by atoms with van der Waals surface area (Å²) < 4.78 is 24.8. The highest BCUT2D eigenvalue weighted by Gasteiger charge is 2.12. The van der Waals surface area contributed by atoms with E-state index in [2.05, 4.69) is 5.10 Å². The Bertz CT molecular complexity index is 322. The van der Waals surface area contributed by atoms with E-state index in [-0.39, 0.29) is 5.56 Å². The standard InChI is InChI=1S/C7H9F2N3O/c1-4-5(7(10)13)2-12(11-4)3-6(8)9/h2,6H,3H2,1H3,(H2,10,13). The lowest BCUT2D eigenvalue weighted by atomic mass is 10.2. The van der Waals surface area contributed by atoms with Gasteiger partial charge >= 0.3 is 0 Å². The van der Waals surface area contributed by atoms with Crippen molar-refractivity contribution in [2.24, 2.45) is 5.73 Å². The Kier molecular flexibility index (Phi) is 2.60. The number of hydrogen-bond acceptors (Lipinski definition) is 2. The zero-order valence-electron chi connectivity index (χ0n) is 7.00. The van der Waals surface area contributed by atoms with Gasteiger partial charge < -0.3 is 5.73 Å². The number of rotatable bonds is 3. The molecule has 0 radical (unpaired) electrons. The maximum Gasteiger partial charge on any atom is 0.257 e. The number of nitrogens with zero attached hydrogens (tertiary/aromatic N) is 2. The van der Waals surface area contributed by atoms with Gasteiger partial charge in [-0.3, -0.25) is 9.48 Å². The first-order valence-corrected chi connectivity index (χ1v) is 3.62. The van der Waals surface area contributed by atoms with Gasteiger partial charge in [0, 0.05) is 6.20 Å². The largest absolute Gasteiger partial charge is 0.365 e. The summed E-state index contributed by atoms with van der Waals surface area (Å²) in [5.41, 5.74) is 5.53. The van der Waals surface area contributed by atoms with Crippen molar-refractivity contribution in [3.63, 3.8) is 0 Å². The lowest BCUT2D eigenvalue weighted by Crippen LogP contribution is -2.11. The molecule has 0 aromatic carbocycles. The van der Waals surface area contributed by atoms with E-state index < -0.39 is 18.9 Å². The molecule has 1 heterocycles. The lowest BCUT2D eigenvalue weighted by molar-refractivity contribution is 0.0998. The SMILES string of the molecule is Cc1nn(CC(F)F)cc1C(N)=O. The predicted molar refractivity (Wildman–Crippen MR) is 41.5 cm³/mol. The molecule has 0 unspecified atom stereocenters. The Hall–Kier alpha value is -1.46. The number of primary amides is 1. The molecule has 1 aromatic rings. The van der Waals surface area contributed by atoms with E-state index in [0.29, 0.717) is 5.69 Å². The Morgan fingerprint density at radius 3 is 2.77 bits per heavy atom. The van der Waals surface area contributed by atoms with Gasteiger partial charge in [-0.2, -0.15) is 5.10 Å². The van der Waals surface area contributed by atoms with Crippen molar-refractivity contribution >= 4 is 5.91 Å². The molecule has 0 saturated heterocycles. The molecule has 1 amide bonds. The minimum absolute atomic E-state index is 0.181. The van der Waals surface area contributed by atoms with Gasteiger partial charge in [0.2, 0.25) is 0 Å². The quantitative estimate of drug-likeness (QED) is 0.754. The fourth-order valence-electron chi connectivity index (χ4n) is 0.995. The third kappa shape index (κ3) is 2.24. The minimum Gasteiger partial charge on any atom is -0.365 e. The number of aromatic nitrogens is 2. The van der Waals surface area contributed by atoms with Crippen molar-refractivity contribution in [3.05, 3.63) is 17.5 Å². The molecule has 72 valence electrons. The molecule has 1 rings (SSSR count). The summed E-state index contributed by atoms with van der Waals surface area (Å²) in [6.07, 6.45) is -1.26. The molecule has 0 bridgehead atoms. The van der Waals surface area contributed by atoms with Gasteiger partial charge in [0.25, 0.3) is 12.3 Å². The van der Waals surface area contributed by atoms with Gasteiger partial charge in [-0.05, 0) is 6.92 Å². The Morgan fingerprint density at radius 2 is 2.38 bits per heavy atom. The van der Waals surface area contributed by atoms with Crippen molar-refractivity contribution in [2.45, 2.75) is 19.9 Å². The summed E-state index contributed by atoms with van der Waals surface area (Å²) in [4.78, 5) is 10.7. The summed E-state index contributed by atoms with van der Waals surface area (Å²) in [6.45, 7) is 1.02. The molecule has 6 heteroatoms. The molecular weight excluding hydrogens is 180 g/mol. The second-order valence-electron chi connectivity index (χ2n) is 2.61. The van der Waals surface area contributed by atoms with Crippen LogP contribution in [0.2, 0.25) is 0 Å². The van der Waals surface area contributed by atoms with Crippen LogP contribution in [0.15, 0.2) is 6.20 Å². The number of amides is 1. The van der Waals surface area contributed by atoms with Crippen LogP contribution in [0.4, 0.5) is 8.78 Å². The lowest BCUT2D eigenvalue weighted by Gasteiger charge is -1.97. The van der Waals surface area contributed by atoms with Crippen LogP contribution in [0.1, 0.15) is 16.1 Å². The summed E-state index contributed by atoms with van der Waals surface area (Å²) in [7, 11) is 0. The number of halogens is 2. The topological polar surface area (TPSA) is 60.9 Å². The van der Waals surface area contributed by atoms with Crippen molar-refractivity contribution in [1.82, 2.24) is 9.78 Å². The summed E-state index contributed by atoms with van der Waals surface area (Å²) in [5, 5.41) is 3.71. The highest BCUT2D eigenvalue weighted by Crippen LogP contribution is 2.06. The van der Waals surface area contributed by atoms with Crippen molar-refractivity contribution in [1.29, 1.82) is 0 Å². The van der Waals surface area contributed by atoms with E-state index in [1.165, 1.54) is 6.20 Å². The monoisotopic (exact) mass is 189 g/mol. The molecule has 2 N–H and O–H groups in total. The molecule has 0 aliphatic carbocycles. The number of alkyl halides is 2. The molecule has 4 nitrogen and oxygen atoms in total. The second kappa shape index (κ2) is 3.51. The van der Waals surface area contributed by atoms with E-state index in [4.69, 9.17) is 5.73 Å². The van der Waals surface area contributed by atoms with Crippen LogP contribution >= 0.6 is 0 Å². The number of hydrogen-bond donors (Lipinski definition) is 1. The average molecular weight is 189 g/mol. The Labute approximate surface area is 73.3 Å². The molecule has 0 aliphatic rings. The van der Waals surface area contributed by atoms with Crippen molar-refractivity contribution in [3.8, 4) is 0 Å². The van der Waals surface area contributed by atoms with Crippen LogP contribution in [-0.4, -0.2) is 22.1 Å². The van der Waals surface area contributed by atoms with Crippen LogP contribution in [0, 0.1) is 6.92 Å². The van der Waals surface area contributed by atoms with Gasteiger partial charge in [0.05, 0.1) is 11.3 Å². The fraction of sp³-hybridized carbons (Fsp3) is 0.429. The molecule has 1 aromatic heterocycles. The molecule has 0 fully saturated rings. The van der Waals surface area contributed by atoms with Crippen molar-refractivity contribution < 1.29 is 13.6 Å². The minimum atomic E-state index is -2.49. The summed E-state index contributed by atoms with van der Waals surface area (Å²) >= 11 is 0. The number of carbonyl (C=O) groups is 1. The van der Waals surface area contributed by atoms with E-state index in [9.17, 15) is 13.6 Å². The summed E-state index contributed by atoms with van der Waals surface area (Å²) in [5.74, 6) is -0.655. The number of carbonyl (C=O) groups excluding carboxylic acids is 1. The predicted octanol–water partition coefficient (Wildman–Crippen LogP) is 0.556. The maximum atomic E-state index is 11.9. The maximum absolute atomic E-state index is 11.9. The van der Waals surface area contributed by atoms with Crippen molar-refractivity contribution in [2.75, 3.05) is 0 Å².